The molecule has 3 aromatic carbocycles. The first-order chi connectivity index (χ1) is 24.7. The first-order valence-electron chi connectivity index (χ1n) is 16.6. The average Bonchev–Trinajstić information content (AvgIpc) is 3.14. The van der Waals surface area contributed by atoms with Crippen LogP contribution in [0.3, 0.4) is 0 Å². The minimum absolute atomic E-state index is 0.282. The van der Waals surface area contributed by atoms with E-state index >= 15 is 0 Å². The number of hydrogen-bond donors (Lipinski definition) is 2. The fourth-order valence-electron chi connectivity index (χ4n) is 4.77. The SMILES string of the molecule is O=C(Nc1ccc2c(c1)OCCOCCOCCOCCO2)c1cccc(C(=O)Nc2ccc3c(c2)OCCOCCOCCOCCO3)c1. The highest BCUT2D eigenvalue weighted by atomic mass is 16.6. The molecule has 0 bridgehead atoms. The van der Waals surface area contributed by atoms with Gasteiger partial charge in [0.1, 0.15) is 26.4 Å². The molecule has 0 unspecified atom stereocenters. The number of ether oxygens (including phenoxy) is 10. The van der Waals surface area contributed by atoms with Gasteiger partial charge in [-0.1, -0.05) is 6.07 Å². The third kappa shape index (κ3) is 12.5. The molecular weight excluding hydrogens is 652 g/mol. The quantitative estimate of drug-likeness (QED) is 0.408. The number of carbonyl (C=O) groups is 2. The molecule has 0 saturated heterocycles. The van der Waals surface area contributed by atoms with Crippen molar-refractivity contribution < 1.29 is 57.0 Å². The van der Waals surface area contributed by atoms with E-state index in [0.29, 0.717) is 138 Å². The molecule has 0 saturated carbocycles. The maximum absolute atomic E-state index is 13.3. The minimum Gasteiger partial charge on any atom is -0.487 e. The van der Waals surface area contributed by atoms with Crippen molar-refractivity contribution in [2.24, 2.45) is 0 Å². The summed E-state index contributed by atoms with van der Waals surface area (Å²) in [6.07, 6.45) is 0. The van der Waals surface area contributed by atoms with Crippen LogP contribution >= 0.6 is 0 Å². The molecule has 14 nitrogen and oxygen atoms in total. The van der Waals surface area contributed by atoms with E-state index in [0.717, 1.165) is 0 Å². The van der Waals surface area contributed by atoms with Gasteiger partial charge in [0.05, 0.1) is 79.3 Å². The molecule has 0 spiro atoms. The number of rotatable bonds is 4. The lowest BCUT2D eigenvalue weighted by atomic mass is 10.1. The Morgan fingerprint density at radius 3 is 1.06 bits per heavy atom. The predicted octanol–water partition coefficient (Wildman–Crippen LogP) is 3.83. The summed E-state index contributed by atoms with van der Waals surface area (Å²) < 4.78 is 56.6. The van der Waals surface area contributed by atoms with Crippen LogP contribution in [0.2, 0.25) is 0 Å². The molecule has 5 rings (SSSR count). The molecule has 0 radical (unpaired) electrons. The highest BCUT2D eigenvalue weighted by Crippen LogP contribution is 2.32. The second kappa shape index (κ2) is 20.9. The fraction of sp³-hybridized carbons (Fsp3) is 0.444. The fourth-order valence-corrected chi connectivity index (χ4v) is 4.77. The van der Waals surface area contributed by atoms with E-state index in [1.807, 2.05) is 0 Å². The van der Waals surface area contributed by atoms with Crippen molar-refractivity contribution in [3.63, 3.8) is 0 Å². The summed E-state index contributed by atoms with van der Waals surface area (Å²) in [7, 11) is 0. The molecule has 0 aliphatic carbocycles. The second-order valence-electron chi connectivity index (χ2n) is 10.9. The van der Waals surface area contributed by atoms with E-state index in [-0.39, 0.29) is 13.2 Å². The highest BCUT2D eigenvalue weighted by Gasteiger charge is 2.15. The molecule has 14 heteroatoms. The van der Waals surface area contributed by atoms with Crippen LogP contribution in [0.15, 0.2) is 60.7 Å². The first-order valence-corrected chi connectivity index (χ1v) is 16.6. The summed E-state index contributed by atoms with van der Waals surface area (Å²) in [5.41, 5.74) is 1.57. The monoisotopic (exact) mass is 696 g/mol. The molecule has 0 aromatic heterocycles. The third-order valence-electron chi connectivity index (χ3n) is 7.22. The van der Waals surface area contributed by atoms with E-state index in [1.54, 1.807) is 54.6 Å². The minimum atomic E-state index is -0.403. The van der Waals surface area contributed by atoms with Crippen LogP contribution in [0.1, 0.15) is 20.7 Å². The summed E-state index contributed by atoms with van der Waals surface area (Å²) in [5, 5.41) is 5.75. The summed E-state index contributed by atoms with van der Waals surface area (Å²) in [6.45, 7) is 6.41. The van der Waals surface area contributed by atoms with Gasteiger partial charge in [-0.3, -0.25) is 9.59 Å². The van der Waals surface area contributed by atoms with Crippen LogP contribution in [0.4, 0.5) is 11.4 Å². The lowest BCUT2D eigenvalue weighted by Crippen LogP contribution is -2.16. The zero-order chi connectivity index (χ0) is 34.6. The van der Waals surface area contributed by atoms with Crippen molar-refractivity contribution in [2.75, 3.05) is 116 Å². The van der Waals surface area contributed by atoms with Crippen molar-refractivity contribution in [2.45, 2.75) is 0 Å². The molecule has 2 amide bonds. The van der Waals surface area contributed by atoms with Crippen LogP contribution in [-0.4, -0.2) is 118 Å². The second-order valence-corrected chi connectivity index (χ2v) is 10.9. The van der Waals surface area contributed by atoms with Crippen molar-refractivity contribution in [1.82, 2.24) is 0 Å². The highest BCUT2D eigenvalue weighted by molar-refractivity contribution is 6.08. The topological polar surface area (TPSA) is 150 Å². The number of carbonyl (C=O) groups excluding carboxylic acids is 2. The van der Waals surface area contributed by atoms with Gasteiger partial charge in [-0.2, -0.15) is 0 Å². The van der Waals surface area contributed by atoms with Gasteiger partial charge in [-0.25, -0.2) is 0 Å². The normalized spacial score (nSPS) is 17.4. The largest absolute Gasteiger partial charge is 0.487 e. The Balaban J connectivity index is 1.21. The summed E-state index contributed by atoms with van der Waals surface area (Å²) in [4.78, 5) is 26.6. The average molecular weight is 697 g/mol. The summed E-state index contributed by atoms with van der Waals surface area (Å²) in [5.74, 6) is 1.12. The van der Waals surface area contributed by atoms with Crippen molar-refractivity contribution >= 4 is 23.2 Å². The van der Waals surface area contributed by atoms with Gasteiger partial charge in [-0.15, -0.1) is 0 Å². The molecule has 2 aliphatic heterocycles. The summed E-state index contributed by atoms with van der Waals surface area (Å²) in [6, 6.07) is 16.7. The van der Waals surface area contributed by atoms with Crippen molar-refractivity contribution in [3.05, 3.63) is 71.8 Å². The smallest absolute Gasteiger partial charge is 0.255 e. The first kappa shape index (κ1) is 36.8. The van der Waals surface area contributed by atoms with Gasteiger partial charge in [0, 0.05) is 34.6 Å². The Labute approximate surface area is 291 Å². The zero-order valence-corrected chi connectivity index (χ0v) is 28.0. The van der Waals surface area contributed by atoms with Crippen LogP contribution in [-0.2, 0) is 28.4 Å². The van der Waals surface area contributed by atoms with Gasteiger partial charge in [0.15, 0.2) is 23.0 Å². The number of benzene rings is 3. The van der Waals surface area contributed by atoms with Gasteiger partial charge >= 0.3 is 0 Å². The van der Waals surface area contributed by atoms with Gasteiger partial charge in [0.2, 0.25) is 0 Å². The molecule has 2 N–H and O–H groups in total. The van der Waals surface area contributed by atoms with E-state index in [1.165, 1.54) is 6.07 Å². The predicted molar refractivity (Wildman–Crippen MR) is 182 cm³/mol. The van der Waals surface area contributed by atoms with Gasteiger partial charge < -0.3 is 58.0 Å². The van der Waals surface area contributed by atoms with Crippen LogP contribution in [0.25, 0.3) is 0 Å². The Morgan fingerprint density at radius 2 is 0.700 bits per heavy atom. The van der Waals surface area contributed by atoms with E-state index in [9.17, 15) is 9.59 Å². The molecule has 0 fully saturated rings. The lowest BCUT2D eigenvalue weighted by molar-refractivity contribution is 0.00708. The van der Waals surface area contributed by atoms with E-state index in [4.69, 9.17) is 47.4 Å². The number of anilines is 2. The molecule has 2 aliphatic rings. The molecule has 50 heavy (non-hydrogen) atoms. The number of fused-ring (bicyclic) bond motifs is 2. The van der Waals surface area contributed by atoms with Gasteiger partial charge in [0.25, 0.3) is 11.8 Å². The zero-order valence-electron chi connectivity index (χ0n) is 28.0. The molecular formula is C36H44N2O12. The Hall–Kier alpha value is -4.44. The Kier molecular flexibility index (Phi) is 15.4. The van der Waals surface area contributed by atoms with Crippen LogP contribution < -0.4 is 29.6 Å². The summed E-state index contributed by atoms with van der Waals surface area (Å²) >= 11 is 0. The van der Waals surface area contributed by atoms with Gasteiger partial charge in [-0.05, 0) is 42.5 Å². The molecule has 3 aromatic rings. The standard InChI is InChI=1S/C36H44N2O12/c39-35(37-29-4-6-31-33(25-29)49-22-18-45-14-10-41-8-12-43-16-20-47-31)27-2-1-3-28(24-27)36(40)38-30-5-7-32-34(26-30)50-23-19-46-15-11-42-9-13-44-17-21-48-32/h1-7,24-26H,8-23H2,(H,37,39)(H,38,40). The van der Waals surface area contributed by atoms with E-state index < -0.39 is 11.8 Å². The van der Waals surface area contributed by atoms with E-state index in [2.05, 4.69) is 10.6 Å². The molecule has 0 atom stereocenters. The maximum Gasteiger partial charge on any atom is 0.255 e. The van der Waals surface area contributed by atoms with Crippen LogP contribution in [0, 0.1) is 0 Å². The van der Waals surface area contributed by atoms with Crippen molar-refractivity contribution in [1.29, 1.82) is 0 Å². The molecule has 2 heterocycles. The van der Waals surface area contributed by atoms with Crippen molar-refractivity contribution in [3.8, 4) is 23.0 Å². The van der Waals surface area contributed by atoms with Crippen LogP contribution in [0.5, 0.6) is 23.0 Å². The molecule has 270 valence electrons. The number of hydrogen-bond acceptors (Lipinski definition) is 12. The third-order valence-corrected chi connectivity index (χ3v) is 7.22. The maximum atomic E-state index is 13.3. The number of amides is 2. The Morgan fingerprint density at radius 1 is 0.380 bits per heavy atom. The Bertz CT molecular complexity index is 1400. The lowest BCUT2D eigenvalue weighted by Gasteiger charge is -2.15. The number of nitrogens with one attached hydrogen (secondary N) is 2.